The van der Waals surface area contributed by atoms with Gasteiger partial charge in [-0.05, 0) is 77.5 Å². The zero-order valence-corrected chi connectivity index (χ0v) is 14.1. The molecule has 0 fully saturated rings. The maximum absolute atomic E-state index is 2.43. The topological polar surface area (TPSA) is 0 Å². The van der Waals surface area contributed by atoms with Crippen molar-refractivity contribution in [2.24, 2.45) is 0 Å². The number of hydrogen-bond donors (Lipinski definition) is 0. The summed E-state index contributed by atoms with van der Waals surface area (Å²) in [7, 11) is 0. The number of hydrogen-bond acceptors (Lipinski definition) is 0. The second-order valence-electron chi connectivity index (χ2n) is 7.36. The lowest BCUT2D eigenvalue weighted by molar-refractivity contribution is 1.70. The summed E-state index contributed by atoms with van der Waals surface area (Å²) in [6, 6.07) is 31.5. The molecule has 0 saturated heterocycles. The van der Waals surface area contributed by atoms with Gasteiger partial charge in [0.15, 0.2) is 0 Å². The van der Waals surface area contributed by atoms with Gasteiger partial charge in [-0.25, -0.2) is 0 Å². The first kappa shape index (κ1) is 12.9. The van der Waals surface area contributed by atoms with Crippen molar-refractivity contribution in [3.8, 4) is 22.3 Å². The van der Waals surface area contributed by atoms with Crippen LogP contribution in [0.15, 0.2) is 84.9 Å². The van der Waals surface area contributed by atoms with E-state index in [4.69, 9.17) is 0 Å². The third kappa shape index (κ3) is 1.35. The van der Waals surface area contributed by atoms with Crippen LogP contribution in [0.2, 0.25) is 0 Å². The normalized spacial score (nSPS) is 12.6. The summed E-state index contributed by atoms with van der Waals surface area (Å²) in [6.07, 6.45) is 0. The Morgan fingerprint density at radius 1 is 0.346 bits per heavy atom. The average Bonchev–Trinajstić information content (AvgIpc) is 3.03. The van der Waals surface area contributed by atoms with Gasteiger partial charge in [0.1, 0.15) is 0 Å². The van der Waals surface area contributed by atoms with Crippen LogP contribution < -0.4 is 0 Å². The molecule has 0 heterocycles. The molecule has 0 amide bonds. The summed E-state index contributed by atoms with van der Waals surface area (Å²) < 4.78 is 0. The molecule has 6 aromatic rings. The summed E-state index contributed by atoms with van der Waals surface area (Å²) in [5, 5.41) is 11.0. The Hall–Kier alpha value is -3.38. The SMILES string of the molecule is c1ccc2c(c1)-c1ccc3ccc4cc5ccccc5c5cc-2c1c3c45. The molecule has 0 aromatic heterocycles. The van der Waals surface area contributed by atoms with E-state index in [-0.39, 0.29) is 0 Å². The molecule has 0 bridgehead atoms. The number of fused-ring (bicyclic) bond motifs is 5. The highest BCUT2D eigenvalue weighted by molar-refractivity contribution is 6.35. The van der Waals surface area contributed by atoms with Crippen LogP contribution in [0.4, 0.5) is 0 Å². The van der Waals surface area contributed by atoms with Crippen LogP contribution in [0, 0.1) is 0 Å². The summed E-state index contributed by atoms with van der Waals surface area (Å²) in [5.74, 6) is 0. The van der Waals surface area contributed by atoms with Gasteiger partial charge in [0.05, 0.1) is 0 Å². The van der Waals surface area contributed by atoms with E-state index >= 15 is 0 Å². The second kappa shape index (κ2) is 4.23. The minimum Gasteiger partial charge on any atom is -0.0616 e. The van der Waals surface area contributed by atoms with Crippen LogP contribution in [0.1, 0.15) is 0 Å². The van der Waals surface area contributed by atoms with Gasteiger partial charge in [-0.15, -0.1) is 0 Å². The van der Waals surface area contributed by atoms with Crippen LogP contribution in [0.3, 0.4) is 0 Å². The molecule has 7 rings (SSSR count). The highest BCUT2D eigenvalue weighted by Crippen LogP contribution is 2.52. The monoisotopic (exact) mass is 326 g/mol. The summed E-state index contributed by atoms with van der Waals surface area (Å²) in [4.78, 5) is 0. The highest BCUT2D eigenvalue weighted by atomic mass is 14.3. The quantitative estimate of drug-likeness (QED) is 0.201. The van der Waals surface area contributed by atoms with E-state index < -0.39 is 0 Å². The minimum absolute atomic E-state index is 1.32. The fourth-order valence-corrected chi connectivity index (χ4v) is 5.05. The predicted octanol–water partition coefficient (Wildman–Crippen LogP) is 7.38. The predicted molar refractivity (Wildman–Crippen MR) is 112 cm³/mol. The maximum atomic E-state index is 2.43. The second-order valence-corrected chi connectivity index (χ2v) is 7.36. The van der Waals surface area contributed by atoms with E-state index in [2.05, 4.69) is 84.9 Å². The molecule has 0 nitrogen and oxygen atoms in total. The van der Waals surface area contributed by atoms with Crippen LogP contribution in [0.5, 0.6) is 0 Å². The maximum Gasteiger partial charge on any atom is -0.00137 e. The Bertz CT molecular complexity index is 1520. The Kier molecular flexibility index (Phi) is 2.10. The van der Waals surface area contributed by atoms with Gasteiger partial charge in [-0.2, -0.15) is 0 Å². The molecule has 0 atom stereocenters. The number of benzene rings is 6. The summed E-state index contributed by atoms with van der Waals surface area (Å²) in [5.41, 5.74) is 5.50. The van der Waals surface area contributed by atoms with Crippen molar-refractivity contribution in [2.75, 3.05) is 0 Å². The zero-order chi connectivity index (χ0) is 16.8. The molecule has 118 valence electrons. The Labute approximate surface area is 150 Å². The van der Waals surface area contributed by atoms with Gasteiger partial charge in [0.2, 0.25) is 0 Å². The molecule has 0 saturated carbocycles. The molecular formula is C26H14. The van der Waals surface area contributed by atoms with Crippen molar-refractivity contribution in [1.29, 1.82) is 0 Å². The van der Waals surface area contributed by atoms with Crippen molar-refractivity contribution in [3.05, 3.63) is 84.9 Å². The molecule has 6 aromatic carbocycles. The largest absolute Gasteiger partial charge is 0.0616 e. The molecule has 0 N–H and O–H groups in total. The van der Waals surface area contributed by atoms with Gasteiger partial charge >= 0.3 is 0 Å². The molecule has 0 unspecified atom stereocenters. The van der Waals surface area contributed by atoms with Crippen molar-refractivity contribution < 1.29 is 0 Å². The van der Waals surface area contributed by atoms with Gasteiger partial charge in [-0.3, -0.25) is 0 Å². The standard InChI is InChI=1S/C26H14/c1-2-6-18-16(5-1)13-17-10-9-15-11-12-21-19-7-3-4-8-20(19)23-14-22(18)24(17)25(15)26(21)23/h1-14H. The Morgan fingerprint density at radius 2 is 1.08 bits per heavy atom. The molecule has 0 aliphatic heterocycles. The molecular weight excluding hydrogens is 312 g/mol. The first-order chi connectivity index (χ1) is 12.9. The smallest absolute Gasteiger partial charge is 0.00137 e. The molecule has 0 spiro atoms. The fourth-order valence-electron chi connectivity index (χ4n) is 5.05. The summed E-state index contributed by atoms with van der Waals surface area (Å²) in [6.45, 7) is 0. The van der Waals surface area contributed by atoms with Gasteiger partial charge in [-0.1, -0.05) is 72.8 Å². The zero-order valence-electron chi connectivity index (χ0n) is 14.1. The van der Waals surface area contributed by atoms with Gasteiger partial charge < -0.3 is 0 Å². The Balaban J connectivity index is 1.88. The molecule has 0 heteroatoms. The first-order valence-corrected chi connectivity index (χ1v) is 9.13. The average molecular weight is 326 g/mol. The van der Waals surface area contributed by atoms with E-state index in [0.29, 0.717) is 0 Å². The fraction of sp³-hybridized carbons (Fsp3) is 0. The molecule has 1 aliphatic rings. The summed E-state index contributed by atoms with van der Waals surface area (Å²) >= 11 is 0. The lowest BCUT2D eigenvalue weighted by atomic mass is 9.88. The van der Waals surface area contributed by atoms with E-state index in [1.807, 2.05) is 0 Å². The molecule has 0 radical (unpaired) electrons. The van der Waals surface area contributed by atoms with E-state index in [1.54, 1.807) is 0 Å². The lowest BCUT2D eigenvalue weighted by Gasteiger charge is -2.15. The van der Waals surface area contributed by atoms with E-state index in [9.17, 15) is 0 Å². The lowest BCUT2D eigenvalue weighted by Crippen LogP contribution is -1.87. The van der Waals surface area contributed by atoms with Crippen LogP contribution in [-0.4, -0.2) is 0 Å². The van der Waals surface area contributed by atoms with Gasteiger partial charge in [0.25, 0.3) is 0 Å². The van der Waals surface area contributed by atoms with Crippen LogP contribution in [0.25, 0.3) is 65.3 Å². The van der Waals surface area contributed by atoms with Crippen molar-refractivity contribution in [1.82, 2.24) is 0 Å². The van der Waals surface area contributed by atoms with Crippen molar-refractivity contribution >= 4 is 43.1 Å². The first-order valence-electron chi connectivity index (χ1n) is 9.13. The molecule has 26 heavy (non-hydrogen) atoms. The minimum atomic E-state index is 1.32. The van der Waals surface area contributed by atoms with Crippen LogP contribution in [-0.2, 0) is 0 Å². The van der Waals surface area contributed by atoms with Crippen LogP contribution >= 0.6 is 0 Å². The third-order valence-electron chi connectivity index (χ3n) is 6.12. The third-order valence-corrected chi connectivity index (χ3v) is 6.12. The van der Waals surface area contributed by atoms with E-state index in [1.165, 1.54) is 65.3 Å². The van der Waals surface area contributed by atoms with Crippen molar-refractivity contribution in [3.63, 3.8) is 0 Å². The number of rotatable bonds is 0. The Morgan fingerprint density at radius 3 is 2.00 bits per heavy atom. The van der Waals surface area contributed by atoms with Gasteiger partial charge in [0, 0.05) is 0 Å². The van der Waals surface area contributed by atoms with E-state index in [0.717, 1.165) is 0 Å². The highest BCUT2D eigenvalue weighted by Gasteiger charge is 2.24. The van der Waals surface area contributed by atoms with Crippen molar-refractivity contribution in [2.45, 2.75) is 0 Å². The molecule has 1 aliphatic carbocycles.